The smallest absolute Gasteiger partial charge is 0.312 e. The highest BCUT2D eigenvalue weighted by Gasteiger charge is 2.70. The monoisotopic (exact) mass is 638 g/mol. The van der Waals surface area contributed by atoms with Crippen molar-refractivity contribution in [2.45, 2.75) is 159 Å². The number of hydrogen-bond donors (Lipinski definition) is 0. The van der Waals surface area contributed by atoms with Crippen LogP contribution in [0.4, 0.5) is 0 Å². The van der Waals surface area contributed by atoms with Crippen molar-refractivity contribution in [3.63, 3.8) is 0 Å². The van der Waals surface area contributed by atoms with E-state index >= 15 is 0 Å². The van der Waals surface area contributed by atoms with Crippen LogP contribution in [0, 0.1) is 56.2 Å². The largest absolute Gasteiger partial charge is 0.462 e. The van der Waals surface area contributed by atoms with E-state index < -0.39 is 16.4 Å². The highest BCUT2D eigenvalue weighted by Crippen LogP contribution is 2.76. The topological polar surface area (TPSA) is 86.7 Å². The Bertz CT molecular complexity index is 1330. The van der Waals surface area contributed by atoms with E-state index in [1.807, 2.05) is 20.8 Å². The SMILES string of the molecule is CC(C)C1=C2[C@H]3CC[C@@H]4[C@@]5(C)CC[C@H](OC(=O)CC(C)(C)C(=O)OC(C)(C)C)C(C)(C)[C@@H]5CC[C@@]4(C)[C@]3(C)CCC2(C=O)CC1=O. The van der Waals surface area contributed by atoms with Crippen molar-refractivity contribution < 1.29 is 28.7 Å². The Morgan fingerprint density at radius 2 is 1.52 bits per heavy atom. The maximum Gasteiger partial charge on any atom is 0.312 e. The summed E-state index contributed by atoms with van der Waals surface area (Å²) in [5.74, 6) is 0.829. The predicted octanol–water partition coefficient (Wildman–Crippen LogP) is 8.84. The summed E-state index contributed by atoms with van der Waals surface area (Å²) in [5.41, 5.74) is 0.0203. The number of hydrogen-bond acceptors (Lipinski definition) is 6. The molecule has 4 saturated carbocycles. The Balaban J connectivity index is 1.39. The average molecular weight is 639 g/mol. The Hall–Kier alpha value is -1.98. The van der Waals surface area contributed by atoms with Gasteiger partial charge < -0.3 is 14.3 Å². The van der Waals surface area contributed by atoms with Crippen LogP contribution in [0.3, 0.4) is 0 Å². The van der Waals surface area contributed by atoms with E-state index in [1.54, 1.807) is 13.8 Å². The molecule has 8 atom stereocenters. The van der Waals surface area contributed by atoms with Crippen molar-refractivity contribution in [3.05, 3.63) is 11.1 Å². The number of ether oxygens (including phenoxy) is 2. The van der Waals surface area contributed by atoms with Gasteiger partial charge in [0.2, 0.25) is 0 Å². The number of rotatable bonds is 6. The molecule has 0 aliphatic heterocycles. The molecule has 5 rings (SSSR count). The molecule has 0 N–H and O–H groups in total. The number of Topliss-reactive ketones (excluding diaryl/α,β-unsaturated/α-hetero) is 1. The van der Waals surface area contributed by atoms with Gasteiger partial charge in [0.1, 0.15) is 18.0 Å². The van der Waals surface area contributed by atoms with Gasteiger partial charge in [-0.15, -0.1) is 0 Å². The number of fused-ring (bicyclic) bond motifs is 7. The molecule has 0 radical (unpaired) electrons. The third-order valence-corrected chi connectivity index (χ3v) is 14.5. The van der Waals surface area contributed by atoms with Gasteiger partial charge >= 0.3 is 11.9 Å². The van der Waals surface area contributed by atoms with Gasteiger partial charge in [0.05, 0.1) is 17.3 Å². The first-order valence-corrected chi connectivity index (χ1v) is 18.2. The van der Waals surface area contributed by atoms with E-state index in [0.29, 0.717) is 18.3 Å². The molecule has 258 valence electrons. The lowest BCUT2D eigenvalue weighted by Gasteiger charge is -2.72. The van der Waals surface area contributed by atoms with Gasteiger partial charge in [-0.3, -0.25) is 14.4 Å². The first kappa shape index (κ1) is 35.3. The van der Waals surface area contributed by atoms with E-state index in [-0.39, 0.29) is 63.7 Å². The Kier molecular flexibility index (Phi) is 8.46. The maximum absolute atomic E-state index is 13.4. The van der Waals surface area contributed by atoms with Crippen molar-refractivity contribution in [2.75, 3.05) is 0 Å². The molecule has 0 saturated heterocycles. The van der Waals surface area contributed by atoms with E-state index in [2.05, 4.69) is 48.5 Å². The predicted molar refractivity (Wildman–Crippen MR) is 180 cm³/mol. The first-order valence-electron chi connectivity index (χ1n) is 18.2. The minimum Gasteiger partial charge on any atom is -0.462 e. The van der Waals surface area contributed by atoms with Crippen molar-refractivity contribution in [1.82, 2.24) is 0 Å². The number of ketones is 1. The molecule has 0 bridgehead atoms. The molecule has 0 aromatic rings. The minimum atomic E-state index is -0.964. The fourth-order valence-electron chi connectivity index (χ4n) is 12.0. The number of carbonyl (C=O) groups excluding carboxylic acids is 4. The van der Waals surface area contributed by atoms with Gasteiger partial charge in [0, 0.05) is 11.8 Å². The lowest BCUT2D eigenvalue weighted by Crippen LogP contribution is -2.65. The first-order chi connectivity index (χ1) is 21.0. The highest BCUT2D eigenvalue weighted by atomic mass is 16.6. The molecule has 6 heteroatoms. The lowest BCUT2D eigenvalue weighted by molar-refractivity contribution is -0.233. The number of allylic oxidation sites excluding steroid dienone is 2. The van der Waals surface area contributed by atoms with Gasteiger partial charge in [0.15, 0.2) is 5.78 Å². The average Bonchev–Trinajstić information content (AvgIpc) is 3.22. The molecule has 46 heavy (non-hydrogen) atoms. The van der Waals surface area contributed by atoms with Gasteiger partial charge in [-0.1, -0.05) is 48.5 Å². The fourth-order valence-corrected chi connectivity index (χ4v) is 12.0. The molecule has 5 aliphatic carbocycles. The van der Waals surface area contributed by atoms with Crippen molar-refractivity contribution in [3.8, 4) is 0 Å². The highest BCUT2D eigenvalue weighted by molar-refractivity contribution is 6.03. The third-order valence-electron chi connectivity index (χ3n) is 14.5. The van der Waals surface area contributed by atoms with Gasteiger partial charge in [0.25, 0.3) is 0 Å². The number of esters is 2. The zero-order chi connectivity index (χ0) is 34.5. The van der Waals surface area contributed by atoms with E-state index in [9.17, 15) is 19.2 Å². The molecular formula is C40H62O6. The zero-order valence-corrected chi connectivity index (χ0v) is 31.0. The summed E-state index contributed by atoms with van der Waals surface area (Å²) in [5, 5.41) is 0. The van der Waals surface area contributed by atoms with E-state index in [4.69, 9.17) is 9.47 Å². The number of carbonyl (C=O) groups is 4. The Labute approximate surface area is 278 Å². The summed E-state index contributed by atoms with van der Waals surface area (Å²) in [4.78, 5) is 52.4. The Morgan fingerprint density at radius 1 is 0.870 bits per heavy atom. The number of aldehydes is 1. The van der Waals surface area contributed by atoms with Crippen LogP contribution in [0.1, 0.15) is 147 Å². The molecule has 0 heterocycles. The van der Waals surface area contributed by atoms with Crippen LogP contribution in [-0.2, 0) is 28.7 Å². The molecule has 4 fully saturated rings. The second-order valence-corrected chi connectivity index (χ2v) is 19.4. The second kappa shape index (κ2) is 11.0. The molecule has 0 amide bonds. The van der Waals surface area contributed by atoms with Crippen LogP contribution in [0.25, 0.3) is 0 Å². The summed E-state index contributed by atoms with van der Waals surface area (Å²) in [7, 11) is 0. The quantitative estimate of drug-likeness (QED) is 0.213. The molecule has 0 spiro atoms. The standard InChI is InChI=1S/C40H62O6/c1-24(2)31-26(42)21-40(23-41)20-19-38(11)25(32(31)40)13-14-28-37(10)17-16-29(36(8,9)27(37)15-18-39(28,38)12)45-30(43)22-35(6,7)33(44)46-34(3,4)5/h23-25,27-29H,13-22H2,1-12H3/t25-,27+,28-,29+,37+,38-,39-,40?/m1/s1. The normalized spacial score (nSPS) is 40.4. The lowest BCUT2D eigenvalue weighted by atomic mass is 9.33. The van der Waals surface area contributed by atoms with Gasteiger partial charge in [-0.05, 0) is 137 Å². The summed E-state index contributed by atoms with van der Waals surface area (Å²) in [6, 6.07) is 0. The summed E-state index contributed by atoms with van der Waals surface area (Å²) in [6.07, 6.45) is 9.22. The molecule has 6 nitrogen and oxygen atoms in total. The van der Waals surface area contributed by atoms with Gasteiger partial charge in [-0.25, -0.2) is 0 Å². The second-order valence-electron chi connectivity index (χ2n) is 19.4. The molecule has 0 aromatic heterocycles. The molecule has 0 aromatic carbocycles. The maximum atomic E-state index is 13.4. The minimum absolute atomic E-state index is 0.00410. The van der Waals surface area contributed by atoms with E-state index in [1.165, 1.54) is 5.57 Å². The summed E-state index contributed by atoms with van der Waals surface area (Å²) < 4.78 is 11.9. The molecule has 1 unspecified atom stereocenters. The Morgan fingerprint density at radius 3 is 2.11 bits per heavy atom. The van der Waals surface area contributed by atoms with Crippen LogP contribution in [0.5, 0.6) is 0 Å². The third kappa shape index (κ3) is 5.16. The van der Waals surface area contributed by atoms with Crippen LogP contribution in [-0.4, -0.2) is 35.7 Å². The van der Waals surface area contributed by atoms with Crippen LogP contribution in [0.15, 0.2) is 11.1 Å². The van der Waals surface area contributed by atoms with E-state index in [0.717, 1.165) is 63.2 Å². The van der Waals surface area contributed by atoms with Crippen molar-refractivity contribution in [1.29, 1.82) is 0 Å². The summed E-state index contributed by atoms with van der Waals surface area (Å²) in [6.45, 7) is 25.4. The van der Waals surface area contributed by atoms with Gasteiger partial charge in [-0.2, -0.15) is 0 Å². The summed E-state index contributed by atoms with van der Waals surface area (Å²) >= 11 is 0. The fraction of sp³-hybridized carbons (Fsp3) is 0.850. The van der Waals surface area contributed by atoms with Crippen LogP contribution < -0.4 is 0 Å². The van der Waals surface area contributed by atoms with Crippen LogP contribution >= 0.6 is 0 Å². The van der Waals surface area contributed by atoms with Crippen molar-refractivity contribution in [2.24, 2.45) is 56.2 Å². The van der Waals surface area contributed by atoms with Crippen LogP contribution in [0.2, 0.25) is 0 Å². The molecule has 5 aliphatic rings. The van der Waals surface area contributed by atoms with Crippen molar-refractivity contribution >= 4 is 24.0 Å². The molecular weight excluding hydrogens is 576 g/mol. The zero-order valence-electron chi connectivity index (χ0n) is 31.0.